The first-order valence-corrected chi connectivity index (χ1v) is 10.4. The molecule has 0 spiro atoms. The van der Waals surface area contributed by atoms with Gasteiger partial charge in [-0.25, -0.2) is 4.68 Å². The molecule has 0 fully saturated rings. The Morgan fingerprint density at radius 2 is 1.97 bits per heavy atom. The minimum Gasteiger partial charge on any atom is -0.497 e. The van der Waals surface area contributed by atoms with E-state index in [0.29, 0.717) is 25.2 Å². The first-order valence-electron chi connectivity index (χ1n) is 10.4. The van der Waals surface area contributed by atoms with E-state index in [9.17, 15) is 4.79 Å². The zero-order chi connectivity index (χ0) is 22.7. The van der Waals surface area contributed by atoms with Gasteiger partial charge >= 0.3 is 0 Å². The first kappa shape index (κ1) is 21.6. The predicted molar refractivity (Wildman–Crippen MR) is 121 cm³/mol. The average molecular weight is 434 g/mol. The van der Waals surface area contributed by atoms with E-state index in [1.807, 2.05) is 47.3 Å². The molecule has 3 heterocycles. The van der Waals surface area contributed by atoms with Gasteiger partial charge in [0.25, 0.3) is 5.56 Å². The fraction of sp³-hybridized carbons (Fsp3) is 0.348. The summed E-state index contributed by atoms with van der Waals surface area (Å²) in [6.45, 7) is 7.67. The molecule has 1 aromatic carbocycles. The highest BCUT2D eigenvalue weighted by Crippen LogP contribution is 2.21. The third kappa shape index (κ3) is 4.83. The average Bonchev–Trinajstić information content (AvgIpc) is 3.23. The molecular weight excluding hydrogens is 406 g/mol. The van der Waals surface area contributed by atoms with Crippen molar-refractivity contribution in [3.63, 3.8) is 0 Å². The Morgan fingerprint density at radius 3 is 2.69 bits per heavy atom. The number of hydrogen-bond acceptors (Lipinski definition) is 7. The number of hydrogen-bond donors (Lipinski definition) is 1. The number of aromatic amines is 1. The van der Waals surface area contributed by atoms with Gasteiger partial charge < -0.3 is 9.72 Å². The third-order valence-corrected chi connectivity index (χ3v) is 5.19. The van der Waals surface area contributed by atoms with Crippen molar-refractivity contribution >= 4 is 10.9 Å². The van der Waals surface area contributed by atoms with Crippen LogP contribution in [0.5, 0.6) is 5.75 Å². The molecule has 0 atom stereocenters. The fourth-order valence-electron chi connectivity index (χ4n) is 3.66. The molecule has 0 saturated carbocycles. The Bertz CT molecular complexity index is 1260. The van der Waals surface area contributed by atoms with Crippen molar-refractivity contribution in [1.82, 2.24) is 35.1 Å². The van der Waals surface area contributed by atoms with E-state index in [1.165, 1.54) is 0 Å². The lowest BCUT2D eigenvalue weighted by molar-refractivity contribution is 0.223. The number of nitrogens with one attached hydrogen (secondary N) is 1. The molecule has 9 nitrogen and oxygen atoms in total. The Labute approximate surface area is 186 Å². The maximum atomic E-state index is 12.8. The summed E-state index contributed by atoms with van der Waals surface area (Å²) < 4.78 is 7.15. The highest BCUT2D eigenvalue weighted by Gasteiger charge is 2.22. The second kappa shape index (κ2) is 8.88. The molecule has 166 valence electrons. The summed E-state index contributed by atoms with van der Waals surface area (Å²) in [4.78, 5) is 22.2. The van der Waals surface area contributed by atoms with Crippen LogP contribution >= 0.6 is 0 Å². The SMILES string of the molecule is COc1ccc2[nH]c(=O)c(CN(Cc3cccnc3)Cc3nnnn3C(C)(C)C)cc2c1. The smallest absolute Gasteiger partial charge is 0.252 e. The van der Waals surface area contributed by atoms with E-state index in [0.717, 1.165) is 28.0 Å². The molecule has 4 aromatic rings. The summed E-state index contributed by atoms with van der Waals surface area (Å²) in [5, 5.41) is 13.2. The molecule has 0 amide bonds. The lowest BCUT2D eigenvalue weighted by atomic mass is 10.1. The molecule has 0 unspecified atom stereocenters. The van der Waals surface area contributed by atoms with E-state index in [2.05, 4.69) is 51.2 Å². The number of rotatable bonds is 7. The Kier molecular flexibility index (Phi) is 6.00. The number of fused-ring (bicyclic) bond motifs is 1. The molecule has 9 heteroatoms. The van der Waals surface area contributed by atoms with E-state index in [1.54, 1.807) is 13.3 Å². The molecule has 0 aliphatic heterocycles. The largest absolute Gasteiger partial charge is 0.497 e. The molecule has 32 heavy (non-hydrogen) atoms. The van der Waals surface area contributed by atoms with E-state index in [4.69, 9.17) is 4.74 Å². The summed E-state index contributed by atoms with van der Waals surface area (Å²) in [7, 11) is 1.63. The molecule has 0 saturated heterocycles. The van der Waals surface area contributed by atoms with E-state index in [-0.39, 0.29) is 11.1 Å². The van der Waals surface area contributed by atoms with Gasteiger partial charge in [0, 0.05) is 41.9 Å². The third-order valence-electron chi connectivity index (χ3n) is 5.19. The fourth-order valence-corrected chi connectivity index (χ4v) is 3.66. The van der Waals surface area contributed by atoms with Crippen LogP contribution < -0.4 is 10.3 Å². The van der Waals surface area contributed by atoms with Gasteiger partial charge in [-0.1, -0.05) is 6.07 Å². The van der Waals surface area contributed by atoms with Gasteiger partial charge in [0.05, 0.1) is 19.2 Å². The number of pyridine rings is 2. The van der Waals surface area contributed by atoms with Crippen molar-refractivity contribution < 1.29 is 4.74 Å². The van der Waals surface area contributed by atoms with Gasteiger partial charge in [-0.2, -0.15) is 0 Å². The zero-order valence-electron chi connectivity index (χ0n) is 18.7. The summed E-state index contributed by atoms with van der Waals surface area (Å²) in [5.41, 5.74) is 2.10. The van der Waals surface area contributed by atoms with Crippen molar-refractivity contribution in [2.45, 2.75) is 45.9 Å². The van der Waals surface area contributed by atoms with Gasteiger partial charge in [0.2, 0.25) is 0 Å². The Morgan fingerprint density at radius 1 is 1.12 bits per heavy atom. The molecule has 1 N–H and O–H groups in total. The van der Waals surface area contributed by atoms with Crippen LogP contribution in [0.1, 0.15) is 37.7 Å². The van der Waals surface area contributed by atoms with Crippen LogP contribution in [0, 0.1) is 0 Å². The van der Waals surface area contributed by atoms with Crippen LogP contribution in [0.4, 0.5) is 0 Å². The van der Waals surface area contributed by atoms with Crippen molar-refractivity contribution in [3.05, 3.63) is 76.1 Å². The van der Waals surface area contributed by atoms with Crippen molar-refractivity contribution in [2.24, 2.45) is 0 Å². The summed E-state index contributed by atoms with van der Waals surface area (Å²) in [6, 6.07) is 11.4. The molecule has 4 rings (SSSR count). The maximum absolute atomic E-state index is 12.8. The summed E-state index contributed by atoms with van der Waals surface area (Å²) >= 11 is 0. The van der Waals surface area contributed by atoms with Gasteiger partial charge in [-0.05, 0) is 67.1 Å². The van der Waals surface area contributed by atoms with Crippen molar-refractivity contribution in [2.75, 3.05) is 7.11 Å². The molecule has 0 aliphatic carbocycles. The van der Waals surface area contributed by atoms with Gasteiger partial charge in [0.1, 0.15) is 5.75 Å². The summed E-state index contributed by atoms with van der Waals surface area (Å²) in [5.74, 6) is 1.48. The van der Waals surface area contributed by atoms with Crippen LogP contribution in [-0.4, -0.2) is 42.2 Å². The first-order chi connectivity index (χ1) is 15.3. The quantitative estimate of drug-likeness (QED) is 0.478. The highest BCUT2D eigenvalue weighted by atomic mass is 16.5. The number of methoxy groups -OCH3 is 1. The maximum Gasteiger partial charge on any atom is 0.252 e. The Balaban J connectivity index is 1.68. The molecular formula is C23H27N7O2. The topological polar surface area (TPSA) is 102 Å². The number of benzene rings is 1. The van der Waals surface area contributed by atoms with Crippen LogP contribution in [0.25, 0.3) is 10.9 Å². The molecule has 0 bridgehead atoms. The lowest BCUT2D eigenvalue weighted by Gasteiger charge is -2.25. The van der Waals surface area contributed by atoms with Crippen molar-refractivity contribution in [1.29, 1.82) is 0 Å². The van der Waals surface area contributed by atoms with E-state index < -0.39 is 0 Å². The molecule has 0 aliphatic rings. The number of aromatic nitrogens is 6. The standard InChI is InChI=1S/C23H27N7O2/c1-23(2,3)30-21(26-27-28-30)15-29(13-16-6-5-9-24-12-16)14-18-10-17-11-19(32-4)7-8-20(17)25-22(18)31/h5-12H,13-15H2,1-4H3,(H,25,31). The zero-order valence-corrected chi connectivity index (χ0v) is 18.7. The Hall–Kier alpha value is -3.59. The van der Waals surface area contributed by atoms with Gasteiger partial charge in [0.15, 0.2) is 5.82 Å². The van der Waals surface area contributed by atoms with Crippen LogP contribution in [0.3, 0.4) is 0 Å². The van der Waals surface area contributed by atoms with Gasteiger partial charge in [-0.3, -0.25) is 14.7 Å². The van der Waals surface area contributed by atoms with Crippen LogP contribution in [0.15, 0.2) is 53.6 Å². The lowest BCUT2D eigenvalue weighted by Crippen LogP contribution is -2.31. The van der Waals surface area contributed by atoms with E-state index >= 15 is 0 Å². The number of nitrogens with zero attached hydrogens (tertiary/aromatic N) is 6. The number of ether oxygens (including phenoxy) is 1. The van der Waals surface area contributed by atoms with Gasteiger partial charge in [-0.15, -0.1) is 5.10 Å². The molecule has 0 radical (unpaired) electrons. The number of tetrazole rings is 1. The second-order valence-electron chi connectivity index (χ2n) is 8.76. The van der Waals surface area contributed by atoms with Crippen LogP contribution in [0.2, 0.25) is 0 Å². The normalized spacial score (nSPS) is 11.9. The minimum absolute atomic E-state index is 0.116. The van der Waals surface area contributed by atoms with Crippen molar-refractivity contribution in [3.8, 4) is 5.75 Å². The number of H-pyrrole nitrogens is 1. The highest BCUT2D eigenvalue weighted by molar-refractivity contribution is 5.80. The monoisotopic (exact) mass is 433 g/mol. The van der Waals surface area contributed by atoms with Crippen LogP contribution in [-0.2, 0) is 25.2 Å². The second-order valence-corrected chi connectivity index (χ2v) is 8.76. The predicted octanol–water partition coefficient (Wildman–Crippen LogP) is 2.88. The summed E-state index contributed by atoms with van der Waals surface area (Å²) in [6.07, 6.45) is 3.57. The minimum atomic E-state index is -0.254. The molecule has 3 aromatic heterocycles.